The molecule has 2 aromatic rings. The van der Waals surface area contributed by atoms with E-state index in [4.69, 9.17) is 4.74 Å². The highest BCUT2D eigenvalue weighted by atomic mass is 16.5. The number of aryl methyl sites for hydroxylation is 2. The van der Waals surface area contributed by atoms with Crippen LogP contribution < -0.4 is 4.74 Å². The van der Waals surface area contributed by atoms with Gasteiger partial charge in [0.1, 0.15) is 5.75 Å². The molecule has 2 rings (SSSR count). The van der Waals surface area contributed by atoms with Gasteiger partial charge in [-0.1, -0.05) is 0 Å². The fourth-order valence-electron chi connectivity index (χ4n) is 1.52. The molecule has 68 valence electrons. The van der Waals surface area contributed by atoms with E-state index in [0.717, 1.165) is 16.7 Å². The lowest BCUT2D eigenvalue weighted by molar-refractivity contribution is 0.419. The van der Waals surface area contributed by atoms with Gasteiger partial charge in [0.25, 0.3) is 0 Å². The van der Waals surface area contributed by atoms with Crippen LogP contribution in [-0.4, -0.2) is 16.9 Å². The van der Waals surface area contributed by atoms with E-state index in [1.807, 2.05) is 24.0 Å². The van der Waals surface area contributed by atoms with Crippen LogP contribution in [-0.2, 0) is 7.05 Å². The zero-order chi connectivity index (χ0) is 9.42. The van der Waals surface area contributed by atoms with E-state index < -0.39 is 0 Å². The Labute approximate surface area is 76.9 Å². The molecule has 0 saturated heterocycles. The molecule has 0 saturated carbocycles. The molecule has 3 heteroatoms. The number of hydrogen-bond acceptors (Lipinski definition) is 2. The van der Waals surface area contributed by atoms with Crippen LogP contribution in [0.4, 0.5) is 0 Å². The monoisotopic (exact) mass is 176 g/mol. The molecule has 0 amide bonds. The second-order valence-corrected chi connectivity index (χ2v) is 3.17. The highest BCUT2D eigenvalue weighted by Gasteiger charge is 2.05. The Kier molecular flexibility index (Phi) is 1.72. The largest absolute Gasteiger partial charge is 0.496 e. The van der Waals surface area contributed by atoms with Gasteiger partial charge in [-0.2, -0.15) is 5.10 Å². The molecule has 0 unspecified atom stereocenters. The van der Waals surface area contributed by atoms with E-state index in [0.29, 0.717) is 0 Å². The summed E-state index contributed by atoms with van der Waals surface area (Å²) < 4.78 is 7.12. The minimum Gasteiger partial charge on any atom is -0.496 e. The lowest BCUT2D eigenvalue weighted by atomic mass is 10.1. The Morgan fingerprint density at radius 2 is 2.15 bits per heavy atom. The van der Waals surface area contributed by atoms with Crippen molar-refractivity contribution >= 4 is 10.9 Å². The molecule has 1 aromatic carbocycles. The Morgan fingerprint density at radius 3 is 2.85 bits per heavy atom. The quantitative estimate of drug-likeness (QED) is 0.663. The standard InChI is InChI=1S/C10H12N2O/c1-7-4-9-8(6-11-12(9)2)10(5-7)13-3/h4-6H,1-3H3. The summed E-state index contributed by atoms with van der Waals surface area (Å²) in [5.74, 6) is 0.892. The second kappa shape index (κ2) is 2.76. The van der Waals surface area contributed by atoms with E-state index in [2.05, 4.69) is 18.1 Å². The third-order valence-electron chi connectivity index (χ3n) is 2.19. The van der Waals surface area contributed by atoms with Crippen LogP contribution in [0.1, 0.15) is 5.56 Å². The molecule has 0 atom stereocenters. The number of benzene rings is 1. The number of rotatable bonds is 1. The van der Waals surface area contributed by atoms with Crippen molar-refractivity contribution in [3.05, 3.63) is 23.9 Å². The van der Waals surface area contributed by atoms with Gasteiger partial charge < -0.3 is 4.74 Å². The van der Waals surface area contributed by atoms with Crippen molar-refractivity contribution in [2.75, 3.05) is 7.11 Å². The summed E-state index contributed by atoms with van der Waals surface area (Å²) >= 11 is 0. The van der Waals surface area contributed by atoms with Crippen LogP contribution in [0.15, 0.2) is 18.3 Å². The van der Waals surface area contributed by atoms with Gasteiger partial charge in [-0.15, -0.1) is 0 Å². The Bertz CT molecular complexity index is 445. The SMILES string of the molecule is COc1cc(C)cc2c1cnn2C. The molecule has 0 bridgehead atoms. The molecule has 0 aliphatic heterocycles. The van der Waals surface area contributed by atoms with Crippen LogP contribution in [0.2, 0.25) is 0 Å². The first-order valence-electron chi connectivity index (χ1n) is 4.18. The van der Waals surface area contributed by atoms with Gasteiger partial charge in [-0.3, -0.25) is 4.68 Å². The van der Waals surface area contributed by atoms with Gasteiger partial charge in [0.2, 0.25) is 0 Å². The first kappa shape index (κ1) is 8.10. The van der Waals surface area contributed by atoms with Crippen LogP contribution in [0.25, 0.3) is 10.9 Å². The van der Waals surface area contributed by atoms with Crippen molar-refractivity contribution < 1.29 is 4.74 Å². The fourth-order valence-corrected chi connectivity index (χ4v) is 1.52. The Hall–Kier alpha value is -1.51. The molecule has 1 aromatic heterocycles. The average molecular weight is 176 g/mol. The summed E-state index contributed by atoms with van der Waals surface area (Å²) in [6.07, 6.45) is 1.83. The van der Waals surface area contributed by atoms with E-state index in [1.54, 1.807) is 7.11 Å². The third-order valence-corrected chi connectivity index (χ3v) is 2.19. The molecule has 0 aliphatic rings. The van der Waals surface area contributed by atoms with Gasteiger partial charge in [0, 0.05) is 7.05 Å². The number of ether oxygens (including phenoxy) is 1. The Balaban J connectivity index is 2.84. The molecule has 0 N–H and O–H groups in total. The molecule has 0 aliphatic carbocycles. The molecule has 3 nitrogen and oxygen atoms in total. The van der Waals surface area contributed by atoms with Crippen LogP contribution in [0.5, 0.6) is 5.75 Å². The zero-order valence-corrected chi connectivity index (χ0v) is 8.03. The van der Waals surface area contributed by atoms with E-state index >= 15 is 0 Å². The smallest absolute Gasteiger partial charge is 0.130 e. The van der Waals surface area contributed by atoms with Crippen molar-refractivity contribution in [3.8, 4) is 5.75 Å². The maximum atomic E-state index is 5.27. The highest BCUT2D eigenvalue weighted by Crippen LogP contribution is 2.26. The van der Waals surface area contributed by atoms with Gasteiger partial charge in [-0.25, -0.2) is 0 Å². The van der Waals surface area contributed by atoms with Crippen LogP contribution in [0, 0.1) is 6.92 Å². The topological polar surface area (TPSA) is 27.1 Å². The Morgan fingerprint density at radius 1 is 1.38 bits per heavy atom. The molecular weight excluding hydrogens is 164 g/mol. The normalized spacial score (nSPS) is 10.7. The van der Waals surface area contributed by atoms with Crippen molar-refractivity contribution in [1.82, 2.24) is 9.78 Å². The van der Waals surface area contributed by atoms with Gasteiger partial charge in [0.05, 0.1) is 24.2 Å². The number of fused-ring (bicyclic) bond motifs is 1. The van der Waals surface area contributed by atoms with E-state index in [-0.39, 0.29) is 0 Å². The number of nitrogens with zero attached hydrogens (tertiary/aromatic N) is 2. The summed E-state index contributed by atoms with van der Waals surface area (Å²) in [6.45, 7) is 2.05. The first-order valence-corrected chi connectivity index (χ1v) is 4.18. The lowest BCUT2D eigenvalue weighted by Crippen LogP contribution is -1.90. The number of methoxy groups -OCH3 is 1. The van der Waals surface area contributed by atoms with E-state index in [1.165, 1.54) is 5.56 Å². The maximum absolute atomic E-state index is 5.27. The summed E-state index contributed by atoms with van der Waals surface area (Å²) in [5.41, 5.74) is 2.30. The van der Waals surface area contributed by atoms with Gasteiger partial charge in [0.15, 0.2) is 0 Å². The van der Waals surface area contributed by atoms with Gasteiger partial charge in [-0.05, 0) is 24.6 Å². The molecule has 0 fully saturated rings. The minimum atomic E-state index is 0.892. The molecular formula is C10H12N2O. The lowest BCUT2D eigenvalue weighted by Gasteiger charge is -2.03. The maximum Gasteiger partial charge on any atom is 0.130 e. The summed E-state index contributed by atoms with van der Waals surface area (Å²) in [5, 5.41) is 5.25. The predicted octanol–water partition coefficient (Wildman–Crippen LogP) is 1.89. The predicted molar refractivity (Wildman–Crippen MR) is 52.0 cm³/mol. The van der Waals surface area contributed by atoms with Crippen molar-refractivity contribution in [3.63, 3.8) is 0 Å². The average Bonchev–Trinajstić information content (AvgIpc) is 2.47. The van der Waals surface area contributed by atoms with Crippen LogP contribution in [0.3, 0.4) is 0 Å². The molecule has 1 heterocycles. The fraction of sp³-hybridized carbons (Fsp3) is 0.300. The van der Waals surface area contributed by atoms with Crippen molar-refractivity contribution in [1.29, 1.82) is 0 Å². The molecule has 0 radical (unpaired) electrons. The zero-order valence-electron chi connectivity index (χ0n) is 8.03. The molecule has 13 heavy (non-hydrogen) atoms. The second-order valence-electron chi connectivity index (χ2n) is 3.17. The summed E-state index contributed by atoms with van der Waals surface area (Å²) in [4.78, 5) is 0. The van der Waals surface area contributed by atoms with Crippen molar-refractivity contribution in [2.45, 2.75) is 6.92 Å². The summed E-state index contributed by atoms with van der Waals surface area (Å²) in [6, 6.07) is 4.12. The molecule has 0 spiro atoms. The van der Waals surface area contributed by atoms with Crippen LogP contribution >= 0.6 is 0 Å². The minimum absolute atomic E-state index is 0.892. The van der Waals surface area contributed by atoms with E-state index in [9.17, 15) is 0 Å². The highest BCUT2D eigenvalue weighted by molar-refractivity contribution is 5.85. The third kappa shape index (κ3) is 1.16. The van der Waals surface area contributed by atoms with Gasteiger partial charge >= 0.3 is 0 Å². The number of hydrogen-bond donors (Lipinski definition) is 0. The number of aromatic nitrogens is 2. The van der Waals surface area contributed by atoms with Crippen molar-refractivity contribution in [2.24, 2.45) is 7.05 Å². The summed E-state index contributed by atoms with van der Waals surface area (Å²) in [7, 11) is 3.61. The first-order chi connectivity index (χ1) is 6.22.